The minimum absolute atomic E-state index is 0.0726. The maximum Gasteiger partial charge on any atom is 0.322 e. The van der Waals surface area contributed by atoms with Crippen molar-refractivity contribution < 1.29 is 9.72 Å². The standard InChI is InChI=1S/C17H22N4O3/c1-19-13-2-3-14(19)10-12(9-13)18-17(22)20-7-6-11-8-15(21(23)24)4-5-16(11)20/h4-5,8,12-14H,2-3,6-7,9-10H2,1H3,(H,18,22)/t12?,13-,14+. The first-order valence-electron chi connectivity index (χ1n) is 8.60. The first kappa shape index (κ1) is 15.4. The largest absolute Gasteiger partial charge is 0.335 e. The van der Waals surface area contributed by atoms with Crippen molar-refractivity contribution in [3.63, 3.8) is 0 Å². The van der Waals surface area contributed by atoms with E-state index in [-0.39, 0.29) is 17.8 Å². The molecule has 0 aliphatic carbocycles. The van der Waals surface area contributed by atoms with Crippen LogP contribution in [-0.2, 0) is 6.42 Å². The van der Waals surface area contributed by atoms with Crippen LogP contribution in [0.1, 0.15) is 31.2 Å². The van der Waals surface area contributed by atoms with Crippen LogP contribution in [0.25, 0.3) is 0 Å². The number of non-ortho nitro benzene ring substituents is 1. The molecule has 2 bridgehead atoms. The summed E-state index contributed by atoms with van der Waals surface area (Å²) in [5.74, 6) is 0. The number of nitrogens with zero attached hydrogens (tertiary/aromatic N) is 3. The lowest BCUT2D eigenvalue weighted by Crippen LogP contribution is -2.51. The zero-order chi connectivity index (χ0) is 16.8. The first-order valence-corrected chi connectivity index (χ1v) is 8.60. The highest BCUT2D eigenvalue weighted by atomic mass is 16.6. The van der Waals surface area contributed by atoms with Crippen molar-refractivity contribution >= 4 is 17.4 Å². The van der Waals surface area contributed by atoms with Gasteiger partial charge in [-0.05, 0) is 50.8 Å². The summed E-state index contributed by atoms with van der Waals surface area (Å²) in [7, 11) is 2.18. The van der Waals surface area contributed by atoms with E-state index in [4.69, 9.17) is 0 Å². The lowest BCUT2D eigenvalue weighted by molar-refractivity contribution is -0.384. The van der Waals surface area contributed by atoms with E-state index in [0.717, 1.165) is 24.1 Å². The molecule has 3 atom stereocenters. The van der Waals surface area contributed by atoms with Crippen LogP contribution in [0.15, 0.2) is 18.2 Å². The van der Waals surface area contributed by atoms with Crippen LogP contribution in [0.2, 0.25) is 0 Å². The smallest absolute Gasteiger partial charge is 0.322 e. The minimum Gasteiger partial charge on any atom is -0.335 e. The van der Waals surface area contributed by atoms with Crippen molar-refractivity contribution in [1.82, 2.24) is 10.2 Å². The van der Waals surface area contributed by atoms with E-state index in [0.29, 0.717) is 25.0 Å². The summed E-state index contributed by atoms with van der Waals surface area (Å²) in [5.41, 5.74) is 1.76. The lowest BCUT2D eigenvalue weighted by Gasteiger charge is -2.37. The number of fused-ring (bicyclic) bond motifs is 3. The van der Waals surface area contributed by atoms with Crippen molar-refractivity contribution in [2.75, 3.05) is 18.5 Å². The maximum absolute atomic E-state index is 12.7. The van der Waals surface area contributed by atoms with Gasteiger partial charge in [0.2, 0.25) is 0 Å². The second-order valence-electron chi connectivity index (χ2n) is 7.14. The molecule has 7 heteroatoms. The molecule has 2 amide bonds. The summed E-state index contributed by atoms with van der Waals surface area (Å²) < 4.78 is 0. The summed E-state index contributed by atoms with van der Waals surface area (Å²) >= 11 is 0. The third kappa shape index (κ3) is 2.53. The highest BCUT2D eigenvalue weighted by molar-refractivity contribution is 5.94. The number of nitro groups is 1. The Hall–Kier alpha value is -2.15. The fraction of sp³-hybridized carbons (Fsp3) is 0.588. The van der Waals surface area contributed by atoms with Crippen molar-refractivity contribution in [2.45, 2.75) is 50.2 Å². The number of rotatable bonds is 2. The van der Waals surface area contributed by atoms with Gasteiger partial charge < -0.3 is 10.2 Å². The van der Waals surface area contributed by atoms with Gasteiger partial charge in [0.1, 0.15) is 0 Å². The van der Waals surface area contributed by atoms with E-state index in [1.165, 1.54) is 18.9 Å². The van der Waals surface area contributed by atoms with Crippen LogP contribution in [0.4, 0.5) is 16.2 Å². The predicted octanol–water partition coefficient (Wildman–Crippen LogP) is 2.29. The van der Waals surface area contributed by atoms with Gasteiger partial charge in [-0.3, -0.25) is 15.0 Å². The SMILES string of the molecule is CN1[C@@H]2CC[C@H]1CC(NC(=O)N1CCc3cc([N+](=O)[O-])ccc31)C2. The number of hydrogen-bond donors (Lipinski definition) is 1. The topological polar surface area (TPSA) is 78.7 Å². The molecule has 0 radical (unpaired) electrons. The van der Waals surface area contributed by atoms with E-state index in [9.17, 15) is 14.9 Å². The van der Waals surface area contributed by atoms with Crippen molar-refractivity contribution in [3.8, 4) is 0 Å². The van der Waals surface area contributed by atoms with Crippen molar-refractivity contribution in [2.24, 2.45) is 0 Å². The zero-order valence-electron chi connectivity index (χ0n) is 13.8. The Bertz CT molecular complexity index is 678. The van der Waals surface area contributed by atoms with Crippen LogP contribution in [0, 0.1) is 10.1 Å². The van der Waals surface area contributed by atoms with Gasteiger partial charge in [0.25, 0.3) is 5.69 Å². The monoisotopic (exact) mass is 330 g/mol. The van der Waals surface area contributed by atoms with E-state index < -0.39 is 4.92 Å². The van der Waals surface area contributed by atoms with Crippen LogP contribution >= 0.6 is 0 Å². The molecule has 1 aromatic rings. The molecule has 4 rings (SSSR count). The summed E-state index contributed by atoms with van der Waals surface area (Å²) in [6.07, 6.45) is 5.15. The second-order valence-corrected chi connectivity index (χ2v) is 7.14. The number of nitrogens with one attached hydrogen (secondary N) is 1. The Morgan fingerprint density at radius 3 is 2.67 bits per heavy atom. The van der Waals surface area contributed by atoms with Crippen LogP contribution < -0.4 is 10.2 Å². The molecular weight excluding hydrogens is 308 g/mol. The number of carbonyl (C=O) groups excluding carboxylic acids is 1. The molecule has 1 aromatic carbocycles. The van der Waals surface area contributed by atoms with Gasteiger partial charge in [-0.2, -0.15) is 0 Å². The normalized spacial score (nSPS) is 28.7. The van der Waals surface area contributed by atoms with E-state index in [2.05, 4.69) is 17.3 Å². The minimum atomic E-state index is -0.392. The van der Waals surface area contributed by atoms with Gasteiger partial charge >= 0.3 is 6.03 Å². The van der Waals surface area contributed by atoms with E-state index in [1.807, 2.05) is 0 Å². The predicted molar refractivity (Wildman–Crippen MR) is 90.3 cm³/mol. The van der Waals surface area contributed by atoms with E-state index >= 15 is 0 Å². The highest BCUT2D eigenvalue weighted by Crippen LogP contribution is 2.35. The van der Waals surface area contributed by atoms with Gasteiger partial charge in [0.15, 0.2) is 0 Å². The molecule has 7 nitrogen and oxygen atoms in total. The number of benzene rings is 1. The fourth-order valence-electron chi connectivity index (χ4n) is 4.49. The molecule has 1 unspecified atom stereocenters. The maximum atomic E-state index is 12.7. The molecule has 3 aliphatic rings. The van der Waals surface area contributed by atoms with Crippen LogP contribution in [-0.4, -0.2) is 47.6 Å². The molecule has 0 spiro atoms. The molecule has 24 heavy (non-hydrogen) atoms. The molecular formula is C17H22N4O3. The Labute approximate surface area is 140 Å². The first-order chi connectivity index (χ1) is 11.5. The molecule has 2 fully saturated rings. The lowest BCUT2D eigenvalue weighted by atomic mass is 9.98. The number of amides is 2. The Kier molecular flexibility index (Phi) is 3.68. The molecule has 1 N–H and O–H groups in total. The second kappa shape index (κ2) is 5.73. The van der Waals surface area contributed by atoms with Gasteiger partial charge in [0.05, 0.1) is 4.92 Å². The number of piperidine rings is 1. The summed E-state index contributed by atoms with van der Waals surface area (Å²) in [5, 5.41) is 14.1. The number of urea groups is 1. The van der Waals surface area contributed by atoms with Gasteiger partial charge in [-0.25, -0.2) is 4.79 Å². The third-order valence-electron chi connectivity index (χ3n) is 5.84. The Morgan fingerprint density at radius 2 is 2.00 bits per heavy atom. The van der Waals surface area contributed by atoms with Crippen LogP contribution in [0.5, 0.6) is 0 Å². The molecule has 3 heterocycles. The molecule has 0 saturated carbocycles. The van der Waals surface area contributed by atoms with Gasteiger partial charge in [-0.15, -0.1) is 0 Å². The average molecular weight is 330 g/mol. The summed E-state index contributed by atoms with van der Waals surface area (Å²) in [4.78, 5) is 27.3. The zero-order valence-corrected chi connectivity index (χ0v) is 13.8. The quantitative estimate of drug-likeness (QED) is 0.666. The van der Waals surface area contributed by atoms with Crippen LogP contribution in [0.3, 0.4) is 0 Å². The number of nitro benzene ring substituents is 1. The average Bonchev–Trinajstić information content (AvgIpc) is 3.05. The van der Waals surface area contributed by atoms with Gasteiger partial charge in [-0.1, -0.05) is 0 Å². The van der Waals surface area contributed by atoms with Crippen molar-refractivity contribution in [1.29, 1.82) is 0 Å². The highest BCUT2D eigenvalue weighted by Gasteiger charge is 2.39. The summed E-state index contributed by atoms with van der Waals surface area (Å²) in [6.45, 7) is 0.585. The molecule has 2 saturated heterocycles. The van der Waals surface area contributed by atoms with Crippen molar-refractivity contribution in [3.05, 3.63) is 33.9 Å². The third-order valence-corrected chi connectivity index (χ3v) is 5.84. The Balaban J connectivity index is 1.45. The van der Waals surface area contributed by atoms with Gasteiger partial charge in [0, 0.05) is 42.5 Å². The number of carbonyl (C=O) groups is 1. The molecule has 0 aromatic heterocycles. The van der Waals surface area contributed by atoms with E-state index in [1.54, 1.807) is 17.0 Å². The number of anilines is 1. The molecule has 3 aliphatic heterocycles. The summed E-state index contributed by atoms with van der Waals surface area (Å²) in [6, 6.07) is 6.08. The number of hydrogen-bond acceptors (Lipinski definition) is 4. The molecule has 128 valence electrons. The Morgan fingerprint density at radius 1 is 1.29 bits per heavy atom. The fourth-order valence-corrected chi connectivity index (χ4v) is 4.49.